The number of aryl methyl sites for hydroxylation is 1. The molecule has 1 aliphatic heterocycles. The predicted molar refractivity (Wildman–Crippen MR) is 118 cm³/mol. The molecule has 2 rings (SSSR count). The minimum absolute atomic E-state index is 0.0391. The second-order valence-corrected chi connectivity index (χ2v) is 11.1. The zero-order chi connectivity index (χ0) is 23.6. The highest BCUT2D eigenvalue weighted by molar-refractivity contribution is 7.63. The average Bonchev–Trinajstić information content (AvgIpc) is 2.98. The van der Waals surface area contributed by atoms with Crippen LogP contribution >= 0.6 is 7.87 Å². The van der Waals surface area contributed by atoms with Crippen LogP contribution in [-0.2, 0) is 15.0 Å². The maximum atomic E-state index is 12.4. The van der Waals surface area contributed by atoms with Crippen LogP contribution in [-0.4, -0.2) is 61.3 Å². The lowest BCUT2D eigenvalue weighted by molar-refractivity contribution is -0.107. The Morgan fingerprint density at radius 1 is 1.42 bits per heavy atom. The molecule has 1 aliphatic rings. The molecule has 0 radical (unpaired) electrons. The topological polar surface area (TPSA) is 141 Å². The van der Waals surface area contributed by atoms with Gasteiger partial charge in [-0.05, 0) is 41.5 Å². The Hall–Kier alpha value is -1.60. The monoisotopic (exact) mass is 457 g/mol. The fraction of sp³-hybridized carbons (Fsp3) is 0.750. The van der Waals surface area contributed by atoms with Gasteiger partial charge in [-0.15, -0.1) is 4.67 Å². The van der Waals surface area contributed by atoms with Gasteiger partial charge < -0.3 is 9.84 Å². The van der Waals surface area contributed by atoms with Crippen LogP contribution in [0.2, 0.25) is 0 Å². The number of ether oxygens (including phenoxy) is 1. The molecular weight excluding hydrogens is 423 g/mol. The first-order chi connectivity index (χ1) is 14.4. The van der Waals surface area contributed by atoms with E-state index in [1.807, 2.05) is 32.4 Å². The summed E-state index contributed by atoms with van der Waals surface area (Å²) in [5, 5.41) is 19.0. The van der Waals surface area contributed by atoms with Crippen molar-refractivity contribution >= 4 is 7.87 Å². The first-order valence-corrected chi connectivity index (χ1v) is 12.2. The van der Waals surface area contributed by atoms with E-state index in [1.54, 1.807) is 13.8 Å². The predicted octanol–water partition coefficient (Wildman–Crippen LogP) is 1.47. The third kappa shape index (κ3) is 5.43. The number of hydrogen-bond acceptors (Lipinski definition) is 8. The lowest BCUT2D eigenvalue weighted by Crippen LogP contribution is -2.43. The summed E-state index contributed by atoms with van der Waals surface area (Å²) >= 11 is 0. The fourth-order valence-electron chi connectivity index (χ4n) is 4.24. The first-order valence-electron chi connectivity index (χ1n) is 10.4. The van der Waals surface area contributed by atoms with E-state index in [0.717, 1.165) is 0 Å². The van der Waals surface area contributed by atoms with Crippen molar-refractivity contribution in [3.05, 3.63) is 32.6 Å². The van der Waals surface area contributed by atoms with Gasteiger partial charge in [-0.2, -0.15) is 9.79 Å². The van der Waals surface area contributed by atoms with Gasteiger partial charge in [0.15, 0.2) is 0 Å². The number of nitrogens with one attached hydrogen (secondary N) is 1. The SMILES string of the molecule is Cc1cn([C@@]2(C)C[C@H](O[P+](O)(CCC#N)N(C(C)C)C(C)C)[C@@H](CO)O2)c(=O)[nH]c1=O. The van der Waals surface area contributed by atoms with Crippen molar-refractivity contribution in [2.75, 3.05) is 12.8 Å². The zero-order valence-corrected chi connectivity index (χ0v) is 19.9. The van der Waals surface area contributed by atoms with E-state index < -0.39 is 37.0 Å². The van der Waals surface area contributed by atoms with Gasteiger partial charge in [0.25, 0.3) is 5.56 Å². The number of aromatic amines is 1. The summed E-state index contributed by atoms with van der Waals surface area (Å²) < 4.78 is 15.4. The van der Waals surface area contributed by atoms with Crippen LogP contribution in [0.1, 0.15) is 53.0 Å². The van der Waals surface area contributed by atoms with Crippen molar-refractivity contribution in [2.24, 2.45) is 0 Å². The summed E-state index contributed by atoms with van der Waals surface area (Å²) in [4.78, 5) is 38.1. The molecule has 0 spiro atoms. The van der Waals surface area contributed by atoms with Gasteiger partial charge in [-0.3, -0.25) is 14.3 Å². The Balaban J connectivity index is 2.42. The molecule has 0 aromatic carbocycles. The number of nitriles is 1. The van der Waals surface area contributed by atoms with Crippen molar-refractivity contribution in [1.29, 1.82) is 5.26 Å². The molecule has 0 bridgehead atoms. The summed E-state index contributed by atoms with van der Waals surface area (Å²) in [6.07, 6.45) is 0.354. The van der Waals surface area contributed by atoms with Crippen LogP contribution in [0, 0.1) is 18.3 Å². The second kappa shape index (κ2) is 9.90. The first kappa shape index (κ1) is 25.7. The number of rotatable bonds is 9. The van der Waals surface area contributed by atoms with Gasteiger partial charge in [0, 0.05) is 30.3 Å². The van der Waals surface area contributed by atoms with Crippen molar-refractivity contribution in [3.8, 4) is 6.07 Å². The van der Waals surface area contributed by atoms with Crippen molar-refractivity contribution in [2.45, 2.75) is 84.4 Å². The van der Waals surface area contributed by atoms with E-state index in [2.05, 4.69) is 11.1 Å². The number of H-pyrrole nitrogens is 1. The Morgan fingerprint density at radius 2 is 2.03 bits per heavy atom. The standard InChI is InChI=1S/C20H33N4O6P/c1-13(2)24(14(3)4)31(28,9-7-8-21)30-16-10-20(6,29-17(16)12-25)23-11-15(5)18(26)22-19(23)27/h11,13-14,16-17,25,28H,7,9-10,12H2,1-6H3/p+1/t16-,17+,20+,31?/m0/s1. The van der Waals surface area contributed by atoms with Gasteiger partial charge in [0.1, 0.15) is 24.1 Å². The van der Waals surface area contributed by atoms with Crippen LogP contribution in [0.3, 0.4) is 0 Å². The van der Waals surface area contributed by atoms with Gasteiger partial charge in [0.2, 0.25) is 0 Å². The maximum Gasteiger partial charge on any atom is 0.347 e. The maximum absolute atomic E-state index is 12.4. The molecule has 4 atom stereocenters. The number of nitrogens with zero attached hydrogens (tertiary/aromatic N) is 3. The third-order valence-corrected chi connectivity index (χ3v) is 8.51. The molecule has 2 heterocycles. The van der Waals surface area contributed by atoms with Crippen LogP contribution in [0.25, 0.3) is 0 Å². The van der Waals surface area contributed by atoms with E-state index in [-0.39, 0.29) is 37.7 Å². The Bertz CT molecular complexity index is 917. The van der Waals surface area contributed by atoms with Crippen LogP contribution in [0.5, 0.6) is 0 Å². The summed E-state index contributed by atoms with van der Waals surface area (Å²) in [5.74, 6) is 0. The molecule has 1 unspecified atom stereocenters. The molecule has 0 saturated carbocycles. The number of aliphatic hydroxyl groups is 1. The highest BCUT2D eigenvalue weighted by Gasteiger charge is 2.56. The Morgan fingerprint density at radius 3 is 2.55 bits per heavy atom. The van der Waals surface area contributed by atoms with E-state index in [4.69, 9.17) is 14.5 Å². The minimum atomic E-state index is -3.21. The molecule has 1 fully saturated rings. The van der Waals surface area contributed by atoms with Gasteiger partial charge in [-0.1, -0.05) is 0 Å². The molecular formula is C20H34N4O6P+. The second-order valence-electron chi connectivity index (χ2n) is 8.67. The van der Waals surface area contributed by atoms with Gasteiger partial charge in [-0.25, -0.2) is 9.69 Å². The highest BCUT2D eigenvalue weighted by atomic mass is 31.2. The van der Waals surface area contributed by atoms with Gasteiger partial charge >= 0.3 is 13.6 Å². The largest absolute Gasteiger partial charge is 0.394 e. The van der Waals surface area contributed by atoms with E-state index in [9.17, 15) is 19.6 Å². The molecule has 0 aliphatic carbocycles. The van der Waals surface area contributed by atoms with Gasteiger partial charge in [0.05, 0.1) is 19.1 Å². The lowest BCUT2D eigenvalue weighted by atomic mass is 10.1. The molecule has 1 aromatic heterocycles. The number of hydrogen-bond donors (Lipinski definition) is 3. The van der Waals surface area contributed by atoms with Crippen molar-refractivity contribution < 1.29 is 19.3 Å². The molecule has 11 heteroatoms. The van der Waals surface area contributed by atoms with Crippen molar-refractivity contribution in [3.63, 3.8) is 0 Å². The normalized spacial score (nSPS) is 25.9. The van der Waals surface area contributed by atoms with Crippen LogP contribution < -0.4 is 11.2 Å². The lowest BCUT2D eigenvalue weighted by Gasteiger charge is -2.36. The molecule has 0 amide bonds. The third-order valence-electron chi connectivity index (χ3n) is 5.45. The Kier molecular flexibility index (Phi) is 8.20. The zero-order valence-electron chi connectivity index (χ0n) is 19.0. The fourth-order valence-corrected chi connectivity index (χ4v) is 7.17. The average molecular weight is 457 g/mol. The number of aliphatic hydroxyl groups excluding tert-OH is 1. The van der Waals surface area contributed by atoms with Crippen molar-refractivity contribution in [1.82, 2.24) is 14.2 Å². The molecule has 1 saturated heterocycles. The van der Waals surface area contributed by atoms with E-state index in [1.165, 1.54) is 10.8 Å². The summed E-state index contributed by atoms with van der Waals surface area (Å²) in [5.41, 5.74) is -1.95. The highest BCUT2D eigenvalue weighted by Crippen LogP contribution is 2.63. The van der Waals surface area contributed by atoms with E-state index >= 15 is 0 Å². The molecule has 31 heavy (non-hydrogen) atoms. The van der Waals surface area contributed by atoms with Crippen LogP contribution in [0.15, 0.2) is 15.8 Å². The smallest absolute Gasteiger partial charge is 0.347 e. The quantitative estimate of drug-likeness (QED) is 0.474. The molecule has 174 valence electrons. The molecule has 3 N–H and O–H groups in total. The summed E-state index contributed by atoms with van der Waals surface area (Å²) in [6, 6.07) is 1.99. The Labute approximate surface area is 183 Å². The minimum Gasteiger partial charge on any atom is -0.394 e. The number of aromatic nitrogens is 2. The molecule has 1 aromatic rings. The van der Waals surface area contributed by atoms with Crippen LogP contribution in [0.4, 0.5) is 0 Å². The summed E-state index contributed by atoms with van der Waals surface area (Å²) in [7, 11) is -3.21. The van der Waals surface area contributed by atoms with E-state index in [0.29, 0.717) is 5.56 Å². The molecule has 10 nitrogen and oxygen atoms in total. The summed E-state index contributed by atoms with van der Waals surface area (Å²) in [6.45, 7) is 10.7.